The van der Waals surface area contributed by atoms with E-state index in [1.807, 2.05) is 6.92 Å². The number of carbonyl (C=O) groups is 2. The number of benzene rings is 1. The van der Waals surface area contributed by atoms with Gasteiger partial charge in [-0.3, -0.25) is 4.79 Å². The van der Waals surface area contributed by atoms with Gasteiger partial charge in [-0.15, -0.1) is 0 Å². The summed E-state index contributed by atoms with van der Waals surface area (Å²) in [4.78, 5) is 25.8. The molecule has 0 radical (unpaired) electrons. The molecule has 1 amide bonds. The molecule has 21 heavy (non-hydrogen) atoms. The van der Waals surface area contributed by atoms with Crippen molar-refractivity contribution in [3.63, 3.8) is 0 Å². The minimum absolute atomic E-state index is 0.0270. The summed E-state index contributed by atoms with van der Waals surface area (Å²) in [7, 11) is 3.21. The first-order valence-electron chi connectivity index (χ1n) is 6.55. The van der Waals surface area contributed by atoms with Crippen LogP contribution in [0.25, 0.3) is 0 Å². The number of carbonyl (C=O) groups excluding carboxylic acids is 1. The molecule has 0 saturated carbocycles. The zero-order chi connectivity index (χ0) is 16.2. The molecule has 0 atom stereocenters. The van der Waals surface area contributed by atoms with Crippen molar-refractivity contribution in [1.82, 2.24) is 4.90 Å². The maximum absolute atomic E-state index is 14.1. The van der Waals surface area contributed by atoms with Crippen LogP contribution in [0.2, 0.25) is 0 Å². The van der Waals surface area contributed by atoms with Gasteiger partial charge in [-0.1, -0.05) is 6.92 Å². The van der Waals surface area contributed by atoms with Crippen molar-refractivity contribution in [2.24, 2.45) is 0 Å². The lowest BCUT2D eigenvalue weighted by molar-refractivity contribution is -0.127. The summed E-state index contributed by atoms with van der Waals surface area (Å²) >= 11 is 0. The zero-order valence-electron chi connectivity index (χ0n) is 12.4. The van der Waals surface area contributed by atoms with Crippen molar-refractivity contribution in [1.29, 1.82) is 0 Å². The molecule has 0 heterocycles. The molecule has 0 spiro atoms. The topological polar surface area (TPSA) is 86.9 Å². The SMILES string of the molecule is CCCN(CC(=O)N(C)C)c1cc(C(=O)O)c(N)cc1F. The average Bonchev–Trinajstić information content (AvgIpc) is 2.37. The molecule has 0 saturated heterocycles. The van der Waals surface area contributed by atoms with E-state index in [1.165, 1.54) is 15.9 Å². The number of hydrogen-bond acceptors (Lipinski definition) is 4. The summed E-state index contributed by atoms with van der Waals surface area (Å²) in [6.07, 6.45) is 0.687. The molecule has 0 aliphatic heterocycles. The molecule has 3 N–H and O–H groups in total. The van der Waals surface area contributed by atoms with Gasteiger partial charge < -0.3 is 20.6 Å². The molecule has 7 heteroatoms. The predicted octanol–water partition coefficient (Wildman–Crippen LogP) is 1.41. The van der Waals surface area contributed by atoms with Crippen LogP contribution in [0.15, 0.2) is 12.1 Å². The van der Waals surface area contributed by atoms with Crippen molar-refractivity contribution >= 4 is 23.3 Å². The lowest BCUT2D eigenvalue weighted by Crippen LogP contribution is -2.37. The molecule has 0 unspecified atom stereocenters. The fraction of sp³-hybridized carbons (Fsp3) is 0.429. The van der Waals surface area contributed by atoms with Gasteiger partial charge in [0.1, 0.15) is 5.82 Å². The maximum Gasteiger partial charge on any atom is 0.337 e. The van der Waals surface area contributed by atoms with Crippen LogP contribution in [0.4, 0.5) is 15.8 Å². The minimum atomic E-state index is -1.23. The second-order valence-electron chi connectivity index (χ2n) is 4.91. The normalized spacial score (nSPS) is 10.3. The van der Waals surface area contributed by atoms with Gasteiger partial charge in [0.2, 0.25) is 5.91 Å². The fourth-order valence-corrected chi connectivity index (χ4v) is 1.86. The third-order valence-electron chi connectivity index (χ3n) is 3.01. The Bertz CT molecular complexity index is 547. The summed E-state index contributed by atoms with van der Waals surface area (Å²) in [5.74, 6) is -2.07. The number of rotatable bonds is 6. The summed E-state index contributed by atoms with van der Waals surface area (Å²) in [6.45, 7) is 2.29. The number of nitrogens with zero attached hydrogens (tertiary/aromatic N) is 2. The lowest BCUT2D eigenvalue weighted by Gasteiger charge is -2.26. The molecular formula is C14H20FN3O3. The van der Waals surface area contributed by atoms with Gasteiger partial charge in [-0.05, 0) is 18.6 Å². The Labute approximate surface area is 122 Å². The maximum atomic E-state index is 14.1. The Kier molecular flexibility index (Phi) is 5.52. The monoisotopic (exact) mass is 297 g/mol. The number of hydrogen-bond donors (Lipinski definition) is 2. The minimum Gasteiger partial charge on any atom is -0.478 e. The first kappa shape index (κ1) is 16.7. The van der Waals surface area contributed by atoms with Gasteiger partial charge in [0.25, 0.3) is 0 Å². The van der Waals surface area contributed by atoms with Gasteiger partial charge >= 0.3 is 5.97 Å². The second-order valence-corrected chi connectivity index (χ2v) is 4.91. The number of nitrogens with two attached hydrogens (primary N) is 1. The second kappa shape index (κ2) is 6.92. The Morgan fingerprint density at radius 2 is 1.95 bits per heavy atom. The zero-order valence-corrected chi connectivity index (χ0v) is 12.4. The number of nitrogen functional groups attached to an aromatic ring is 1. The van der Waals surface area contributed by atoms with E-state index in [4.69, 9.17) is 10.8 Å². The molecule has 1 rings (SSSR count). The Balaban J connectivity index is 3.21. The number of halogens is 1. The van der Waals surface area contributed by atoms with E-state index in [1.54, 1.807) is 14.1 Å². The summed E-state index contributed by atoms with van der Waals surface area (Å²) in [6, 6.07) is 2.15. The first-order valence-corrected chi connectivity index (χ1v) is 6.55. The highest BCUT2D eigenvalue weighted by atomic mass is 19.1. The van der Waals surface area contributed by atoms with E-state index in [2.05, 4.69) is 0 Å². The van der Waals surface area contributed by atoms with E-state index in [0.717, 1.165) is 6.07 Å². The Morgan fingerprint density at radius 1 is 1.33 bits per heavy atom. The van der Waals surface area contributed by atoms with Crippen molar-refractivity contribution in [2.75, 3.05) is 37.8 Å². The first-order chi connectivity index (χ1) is 9.77. The van der Waals surface area contributed by atoms with Crippen molar-refractivity contribution in [3.05, 3.63) is 23.5 Å². The van der Waals surface area contributed by atoms with E-state index >= 15 is 0 Å². The molecule has 6 nitrogen and oxygen atoms in total. The molecule has 0 aliphatic rings. The van der Waals surface area contributed by atoms with Crippen LogP contribution in [0.1, 0.15) is 23.7 Å². The lowest BCUT2D eigenvalue weighted by atomic mass is 10.1. The van der Waals surface area contributed by atoms with Crippen molar-refractivity contribution < 1.29 is 19.1 Å². The molecule has 116 valence electrons. The Morgan fingerprint density at radius 3 is 2.43 bits per heavy atom. The third kappa shape index (κ3) is 4.08. The van der Waals surface area contributed by atoms with E-state index in [-0.39, 0.29) is 29.4 Å². The van der Waals surface area contributed by atoms with Crippen LogP contribution in [0.3, 0.4) is 0 Å². The van der Waals surface area contributed by atoms with Crippen LogP contribution in [0, 0.1) is 5.82 Å². The number of anilines is 2. The number of carboxylic acid groups (broad SMARTS) is 1. The smallest absolute Gasteiger partial charge is 0.337 e. The summed E-state index contributed by atoms with van der Waals surface area (Å²) in [5, 5.41) is 9.07. The third-order valence-corrected chi connectivity index (χ3v) is 3.01. The quantitative estimate of drug-likeness (QED) is 0.775. The van der Waals surface area contributed by atoms with E-state index < -0.39 is 11.8 Å². The summed E-state index contributed by atoms with van der Waals surface area (Å²) in [5.41, 5.74) is 5.25. The standard InChI is InChI=1S/C14H20FN3O3/c1-4-5-18(8-13(19)17(2)3)12-6-9(14(20)21)11(16)7-10(12)15/h6-7H,4-5,8,16H2,1-3H3,(H,20,21). The molecule has 0 fully saturated rings. The number of carboxylic acids is 1. The highest BCUT2D eigenvalue weighted by Crippen LogP contribution is 2.26. The van der Waals surface area contributed by atoms with Gasteiger partial charge in [0.05, 0.1) is 17.8 Å². The molecule has 0 bridgehead atoms. The van der Waals surface area contributed by atoms with Crippen molar-refractivity contribution in [2.45, 2.75) is 13.3 Å². The van der Waals surface area contributed by atoms with Crippen LogP contribution < -0.4 is 10.6 Å². The number of amides is 1. The highest BCUT2D eigenvalue weighted by molar-refractivity contribution is 5.95. The van der Waals surface area contributed by atoms with Gasteiger partial charge in [0, 0.05) is 26.3 Å². The predicted molar refractivity (Wildman–Crippen MR) is 79.0 cm³/mol. The Hall–Kier alpha value is -2.31. The number of aromatic carboxylic acids is 1. The van der Waals surface area contributed by atoms with Gasteiger partial charge in [-0.25, -0.2) is 9.18 Å². The van der Waals surface area contributed by atoms with Crippen LogP contribution in [-0.2, 0) is 4.79 Å². The fourth-order valence-electron chi connectivity index (χ4n) is 1.86. The van der Waals surface area contributed by atoms with Gasteiger partial charge in [-0.2, -0.15) is 0 Å². The van der Waals surface area contributed by atoms with Crippen LogP contribution in [-0.4, -0.2) is 49.1 Å². The molecule has 0 aromatic heterocycles. The van der Waals surface area contributed by atoms with Crippen molar-refractivity contribution in [3.8, 4) is 0 Å². The molecule has 1 aromatic carbocycles. The highest BCUT2D eigenvalue weighted by Gasteiger charge is 2.19. The largest absolute Gasteiger partial charge is 0.478 e. The van der Waals surface area contributed by atoms with Crippen LogP contribution >= 0.6 is 0 Å². The molecule has 1 aromatic rings. The average molecular weight is 297 g/mol. The van der Waals surface area contributed by atoms with Crippen LogP contribution in [0.5, 0.6) is 0 Å². The summed E-state index contributed by atoms with van der Waals surface area (Å²) < 4.78 is 14.1. The van der Waals surface area contributed by atoms with Gasteiger partial charge in [0.15, 0.2) is 0 Å². The van der Waals surface area contributed by atoms with E-state index in [0.29, 0.717) is 13.0 Å². The molecular weight excluding hydrogens is 277 g/mol. The molecule has 0 aliphatic carbocycles. The number of likely N-dealkylation sites (N-methyl/N-ethyl adjacent to an activating group) is 1. The van der Waals surface area contributed by atoms with E-state index in [9.17, 15) is 14.0 Å².